The summed E-state index contributed by atoms with van der Waals surface area (Å²) < 4.78 is 0. The number of hydrogen-bond acceptors (Lipinski definition) is 3. The second-order valence-electron chi connectivity index (χ2n) is 3.79. The minimum Gasteiger partial charge on any atom is -0.392 e. The van der Waals surface area contributed by atoms with E-state index in [0.717, 1.165) is 6.54 Å². The molecule has 1 aromatic carbocycles. The van der Waals surface area contributed by atoms with Gasteiger partial charge in [-0.2, -0.15) is 0 Å². The van der Waals surface area contributed by atoms with Crippen molar-refractivity contribution in [3.63, 3.8) is 0 Å². The Morgan fingerprint density at radius 1 is 1.33 bits per heavy atom. The van der Waals surface area contributed by atoms with Crippen LogP contribution in [0.1, 0.15) is 22.3 Å². The zero-order valence-electron chi connectivity index (χ0n) is 9.23. The molecule has 0 bridgehead atoms. The first kappa shape index (κ1) is 11.9. The van der Waals surface area contributed by atoms with Crippen LogP contribution in [0.15, 0.2) is 24.3 Å². The predicted molar refractivity (Wildman–Crippen MR) is 59.9 cm³/mol. The molecule has 3 nitrogen and oxygen atoms in total. The Hall–Kier alpha value is -1.19. The SMILES string of the molecule is CN(C)CCC(=O)c1ccccc1CO. The maximum absolute atomic E-state index is 11.8. The molecule has 0 atom stereocenters. The Labute approximate surface area is 90.3 Å². The van der Waals surface area contributed by atoms with Crippen LogP contribution in [0.3, 0.4) is 0 Å². The molecule has 1 aromatic rings. The summed E-state index contributed by atoms with van der Waals surface area (Å²) in [5, 5.41) is 9.08. The van der Waals surface area contributed by atoms with Crippen LogP contribution in [0.4, 0.5) is 0 Å². The van der Waals surface area contributed by atoms with E-state index in [0.29, 0.717) is 17.5 Å². The Kier molecular flexibility index (Phi) is 4.46. The van der Waals surface area contributed by atoms with Gasteiger partial charge in [-0.1, -0.05) is 24.3 Å². The minimum absolute atomic E-state index is 0.0795. The second kappa shape index (κ2) is 5.63. The molecule has 1 rings (SSSR count). The number of aliphatic hydroxyl groups excluding tert-OH is 1. The van der Waals surface area contributed by atoms with E-state index in [1.54, 1.807) is 12.1 Å². The van der Waals surface area contributed by atoms with Crippen LogP contribution in [0.5, 0.6) is 0 Å². The van der Waals surface area contributed by atoms with Crippen molar-refractivity contribution in [1.29, 1.82) is 0 Å². The molecule has 0 aromatic heterocycles. The van der Waals surface area contributed by atoms with Gasteiger partial charge in [0, 0.05) is 18.5 Å². The lowest BCUT2D eigenvalue weighted by Gasteiger charge is -2.10. The normalized spacial score (nSPS) is 10.7. The third-order valence-electron chi connectivity index (χ3n) is 2.27. The van der Waals surface area contributed by atoms with Gasteiger partial charge < -0.3 is 10.0 Å². The van der Waals surface area contributed by atoms with E-state index in [9.17, 15) is 4.79 Å². The Morgan fingerprint density at radius 3 is 2.60 bits per heavy atom. The highest BCUT2D eigenvalue weighted by molar-refractivity contribution is 5.97. The number of ketones is 1. The number of aliphatic hydroxyl groups is 1. The van der Waals surface area contributed by atoms with Crippen molar-refractivity contribution in [1.82, 2.24) is 4.90 Å². The topological polar surface area (TPSA) is 40.5 Å². The molecule has 3 heteroatoms. The fourth-order valence-corrected chi connectivity index (χ4v) is 1.39. The van der Waals surface area contributed by atoms with Crippen molar-refractivity contribution in [3.05, 3.63) is 35.4 Å². The van der Waals surface area contributed by atoms with E-state index in [1.807, 2.05) is 31.1 Å². The van der Waals surface area contributed by atoms with Gasteiger partial charge in [0.15, 0.2) is 5.78 Å². The average molecular weight is 207 g/mol. The summed E-state index contributed by atoms with van der Waals surface area (Å²) in [5.74, 6) is 0.0911. The molecule has 0 saturated carbocycles. The van der Waals surface area contributed by atoms with Gasteiger partial charge in [0.25, 0.3) is 0 Å². The summed E-state index contributed by atoms with van der Waals surface area (Å²) in [6.45, 7) is 0.655. The van der Waals surface area contributed by atoms with E-state index >= 15 is 0 Å². The molecule has 15 heavy (non-hydrogen) atoms. The summed E-state index contributed by atoms with van der Waals surface area (Å²) in [6.07, 6.45) is 0.490. The third-order valence-corrected chi connectivity index (χ3v) is 2.27. The molecule has 0 fully saturated rings. The lowest BCUT2D eigenvalue weighted by molar-refractivity contribution is 0.0969. The number of rotatable bonds is 5. The quantitative estimate of drug-likeness (QED) is 0.740. The van der Waals surface area contributed by atoms with Gasteiger partial charge in [-0.15, -0.1) is 0 Å². The van der Waals surface area contributed by atoms with E-state index < -0.39 is 0 Å². The third kappa shape index (κ3) is 3.46. The molecule has 0 aliphatic carbocycles. The molecule has 0 heterocycles. The zero-order valence-corrected chi connectivity index (χ0v) is 9.23. The largest absolute Gasteiger partial charge is 0.392 e. The molecule has 1 N–H and O–H groups in total. The average Bonchev–Trinajstić information content (AvgIpc) is 2.25. The van der Waals surface area contributed by atoms with Gasteiger partial charge in [-0.25, -0.2) is 0 Å². The van der Waals surface area contributed by atoms with Gasteiger partial charge in [-0.05, 0) is 19.7 Å². The number of Topliss-reactive ketones (excluding diaryl/α,β-unsaturated/α-hetero) is 1. The maximum Gasteiger partial charge on any atom is 0.164 e. The van der Waals surface area contributed by atoms with Crippen molar-refractivity contribution in [2.45, 2.75) is 13.0 Å². The van der Waals surface area contributed by atoms with Gasteiger partial charge in [0.05, 0.1) is 6.61 Å². The summed E-state index contributed by atoms with van der Waals surface area (Å²) in [7, 11) is 3.87. The van der Waals surface area contributed by atoms with E-state index in [-0.39, 0.29) is 12.4 Å². The molecule has 0 spiro atoms. The lowest BCUT2D eigenvalue weighted by atomic mass is 10.0. The number of carbonyl (C=O) groups is 1. The van der Waals surface area contributed by atoms with Crippen molar-refractivity contribution < 1.29 is 9.90 Å². The molecule has 0 radical (unpaired) electrons. The monoisotopic (exact) mass is 207 g/mol. The maximum atomic E-state index is 11.8. The summed E-state index contributed by atoms with van der Waals surface area (Å²) >= 11 is 0. The molecular formula is C12H17NO2. The molecular weight excluding hydrogens is 190 g/mol. The van der Waals surface area contributed by atoms with Crippen LogP contribution in [0, 0.1) is 0 Å². The van der Waals surface area contributed by atoms with Gasteiger partial charge in [0.1, 0.15) is 0 Å². The van der Waals surface area contributed by atoms with Crippen LogP contribution >= 0.6 is 0 Å². The Morgan fingerprint density at radius 2 is 2.00 bits per heavy atom. The molecule has 0 saturated heterocycles. The van der Waals surface area contributed by atoms with E-state index in [1.165, 1.54) is 0 Å². The zero-order chi connectivity index (χ0) is 11.3. The number of nitrogens with zero attached hydrogens (tertiary/aromatic N) is 1. The summed E-state index contributed by atoms with van der Waals surface area (Å²) in [6, 6.07) is 7.20. The Bertz CT molecular complexity index is 334. The summed E-state index contributed by atoms with van der Waals surface area (Å²) in [4.78, 5) is 13.8. The molecule has 0 aliphatic rings. The fourth-order valence-electron chi connectivity index (χ4n) is 1.39. The first-order valence-electron chi connectivity index (χ1n) is 5.02. The van der Waals surface area contributed by atoms with Crippen LogP contribution in [0.2, 0.25) is 0 Å². The van der Waals surface area contributed by atoms with Crippen molar-refractivity contribution in [2.24, 2.45) is 0 Å². The molecule has 82 valence electrons. The van der Waals surface area contributed by atoms with Crippen LogP contribution in [-0.2, 0) is 6.61 Å². The van der Waals surface area contributed by atoms with Crippen LogP contribution < -0.4 is 0 Å². The van der Waals surface area contributed by atoms with Crippen molar-refractivity contribution >= 4 is 5.78 Å². The van der Waals surface area contributed by atoms with Crippen LogP contribution in [0.25, 0.3) is 0 Å². The number of carbonyl (C=O) groups excluding carboxylic acids is 1. The molecule has 0 aliphatic heterocycles. The standard InChI is InChI=1S/C12H17NO2/c1-13(2)8-7-12(15)11-6-4-3-5-10(11)9-14/h3-6,14H,7-9H2,1-2H3. The lowest BCUT2D eigenvalue weighted by Crippen LogP contribution is -2.17. The summed E-state index contributed by atoms with van der Waals surface area (Å²) in [5.41, 5.74) is 1.35. The van der Waals surface area contributed by atoms with E-state index in [2.05, 4.69) is 0 Å². The smallest absolute Gasteiger partial charge is 0.164 e. The van der Waals surface area contributed by atoms with E-state index in [4.69, 9.17) is 5.11 Å². The molecule has 0 amide bonds. The van der Waals surface area contributed by atoms with Gasteiger partial charge in [0.2, 0.25) is 0 Å². The highest BCUT2D eigenvalue weighted by Crippen LogP contribution is 2.11. The molecule has 0 unspecified atom stereocenters. The first-order chi connectivity index (χ1) is 7.15. The fraction of sp³-hybridized carbons (Fsp3) is 0.417. The minimum atomic E-state index is -0.0795. The van der Waals surface area contributed by atoms with Gasteiger partial charge >= 0.3 is 0 Å². The highest BCUT2D eigenvalue weighted by atomic mass is 16.3. The number of hydrogen-bond donors (Lipinski definition) is 1. The highest BCUT2D eigenvalue weighted by Gasteiger charge is 2.09. The number of benzene rings is 1. The van der Waals surface area contributed by atoms with Gasteiger partial charge in [-0.3, -0.25) is 4.79 Å². The predicted octanol–water partition coefficient (Wildman–Crippen LogP) is 1.31. The second-order valence-corrected chi connectivity index (χ2v) is 3.79. The van der Waals surface area contributed by atoms with Crippen molar-refractivity contribution in [3.8, 4) is 0 Å². The van der Waals surface area contributed by atoms with Crippen molar-refractivity contribution in [2.75, 3.05) is 20.6 Å². The Balaban J connectivity index is 2.72. The van der Waals surface area contributed by atoms with Crippen LogP contribution in [-0.4, -0.2) is 36.4 Å². The first-order valence-corrected chi connectivity index (χ1v) is 5.02.